The van der Waals surface area contributed by atoms with Crippen LogP contribution in [0.15, 0.2) is 97.6 Å². The van der Waals surface area contributed by atoms with E-state index in [-0.39, 0.29) is 48.3 Å². The Hall–Kier alpha value is -6.72. The molecule has 0 aliphatic rings. The number of nitriles is 2. The topological polar surface area (TPSA) is 144 Å². The SMILES string of the molecule is Cc1c(COc2cc(OCc3cncc(C#N)c3)c(C=O)cc2Cl)cccc1-c1cccc(OCc2cc(OCc3cncc(C#N)c3)c(C=O)cc2Cl)c1C. The van der Waals surface area contributed by atoms with Crippen LogP contribution in [0, 0.1) is 36.5 Å². The molecule has 0 saturated carbocycles. The Morgan fingerprint density at radius 2 is 1.09 bits per heavy atom. The van der Waals surface area contributed by atoms with Gasteiger partial charge in [0.1, 0.15) is 61.6 Å². The molecule has 0 spiro atoms. The predicted octanol–water partition coefficient (Wildman–Crippen LogP) is 9.75. The maximum Gasteiger partial charge on any atom is 0.153 e. The maximum absolute atomic E-state index is 11.8. The summed E-state index contributed by atoms with van der Waals surface area (Å²) in [5.41, 5.74) is 8.05. The number of ether oxygens (including phenoxy) is 4. The molecule has 2 aromatic heterocycles. The van der Waals surface area contributed by atoms with Gasteiger partial charge in [0, 0.05) is 52.6 Å². The van der Waals surface area contributed by atoms with Crippen molar-refractivity contribution < 1.29 is 28.5 Å². The first-order chi connectivity index (χ1) is 27.2. The van der Waals surface area contributed by atoms with E-state index in [0.717, 1.165) is 27.8 Å². The van der Waals surface area contributed by atoms with E-state index in [1.165, 1.54) is 18.5 Å². The van der Waals surface area contributed by atoms with Crippen LogP contribution in [-0.2, 0) is 26.4 Å². The zero-order chi connectivity index (χ0) is 39.6. The van der Waals surface area contributed by atoms with Crippen molar-refractivity contribution in [3.63, 3.8) is 0 Å². The van der Waals surface area contributed by atoms with Gasteiger partial charge in [-0.1, -0.05) is 53.5 Å². The molecule has 0 saturated heterocycles. The Kier molecular flexibility index (Phi) is 12.6. The molecule has 12 heteroatoms. The number of pyridine rings is 2. The summed E-state index contributed by atoms with van der Waals surface area (Å²) in [5.74, 6) is 1.59. The smallest absolute Gasteiger partial charge is 0.153 e. The molecule has 0 aliphatic heterocycles. The number of halogens is 2. The van der Waals surface area contributed by atoms with Crippen molar-refractivity contribution >= 4 is 35.8 Å². The summed E-state index contributed by atoms with van der Waals surface area (Å²) in [7, 11) is 0. The van der Waals surface area contributed by atoms with Gasteiger partial charge in [-0.2, -0.15) is 10.5 Å². The van der Waals surface area contributed by atoms with Gasteiger partial charge in [0.05, 0.1) is 27.3 Å². The summed E-state index contributed by atoms with van der Waals surface area (Å²) in [5, 5.41) is 19.0. The number of benzene rings is 4. The van der Waals surface area contributed by atoms with Gasteiger partial charge in [-0.05, 0) is 78.1 Å². The number of rotatable bonds is 15. The van der Waals surface area contributed by atoms with Crippen LogP contribution >= 0.6 is 23.2 Å². The largest absolute Gasteiger partial charge is 0.489 e. The van der Waals surface area contributed by atoms with Gasteiger partial charge in [-0.15, -0.1) is 0 Å². The third-order valence-electron chi connectivity index (χ3n) is 8.92. The van der Waals surface area contributed by atoms with Gasteiger partial charge >= 0.3 is 0 Å². The quantitative estimate of drug-likeness (QED) is 0.0923. The van der Waals surface area contributed by atoms with Crippen LogP contribution in [-0.4, -0.2) is 22.5 Å². The monoisotopic (exact) mass is 782 g/mol. The van der Waals surface area contributed by atoms with Gasteiger partial charge in [-0.25, -0.2) is 0 Å². The second-order valence-electron chi connectivity index (χ2n) is 12.6. The molecule has 0 radical (unpaired) electrons. The standard InChI is InChI=1S/C44H32Cl2N4O6/c1-27-33(25-56-44-14-43(35(22-52)12-40(44)46)54-24-32-10-30(16-48)18-50-20-32)5-3-6-37(27)38-7-4-8-41(28(38)2)55-26-36-13-42(34(21-51)11-39(36)45)53-23-31-9-29(15-47)17-49-19-31/h3-14,17-22H,23-26H2,1-2H3. The third-order valence-corrected chi connectivity index (χ3v) is 9.57. The Bertz CT molecular complexity index is 2350. The first-order valence-electron chi connectivity index (χ1n) is 17.1. The van der Waals surface area contributed by atoms with Gasteiger partial charge in [-0.3, -0.25) is 19.6 Å². The molecule has 4 aromatic carbocycles. The molecule has 0 atom stereocenters. The molecule has 6 aromatic rings. The number of aldehydes is 2. The first kappa shape index (κ1) is 39.0. The minimum absolute atomic E-state index is 0.0845. The molecular formula is C44H32Cl2N4O6. The molecule has 0 aliphatic carbocycles. The number of carbonyl (C=O) groups excluding carboxylic acids is 2. The summed E-state index contributed by atoms with van der Waals surface area (Å²) < 4.78 is 24.4. The number of aromatic nitrogens is 2. The molecule has 2 heterocycles. The van der Waals surface area contributed by atoms with Crippen LogP contribution in [0.25, 0.3) is 11.1 Å². The molecule has 10 nitrogen and oxygen atoms in total. The molecule has 0 unspecified atom stereocenters. The van der Waals surface area contributed by atoms with E-state index in [2.05, 4.69) is 16.0 Å². The zero-order valence-electron chi connectivity index (χ0n) is 30.2. The van der Waals surface area contributed by atoms with Crippen molar-refractivity contribution in [1.29, 1.82) is 10.5 Å². The second-order valence-corrected chi connectivity index (χ2v) is 13.4. The highest BCUT2D eigenvalue weighted by molar-refractivity contribution is 6.32. The molecule has 6 rings (SSSR count). The Balaban J connectivity index is 1.16. The Morgan fingerprint density at radius 3 is 1.70 bits per heavy atom. The van der Waals surface area contributed by atoms with Gasteiger partial charge in [0.15, 0.2) is 12.6 Å². The fraction of sp³-hybridized carbons (Fsp3) is 0.136. The first-order valence-corrected chi connectivity index (χ1v) is 17.9. The highest BCUT2D eigenvalue weighted by atomic mass is 35.5. The normalized spacial score (nSPS) is 10.5. The van der Waals surface area contributed by atoms with Crippen molar-refractivity contribution in [2.45, 2.75) is 40.3 Å². The van der Waals surface area contributed by atoms with Crippen LogP contribution in [0.1, 0.15) is 65.2 Å². The van der Waals surface area contributed by atoms with Crippen LogP contribution in [0.2, 0.25) is 10.0 Å². The van der Waals surface area contributed by atoms with E-state index in [1.54, 1.807) is 42.7 Å². The Labute approximate surface area is 333 Å². The maximum atomic E-state index is 11.8. The zero-order valence-corrected chi connectivity index (χ0v) is 31.7. The Morgan fingerprint density at radius 1 is 0.571 bits per heavy atom. The number of nitrogens with zero attached hydrogens (tertiary/aromatic N) is 4. The summed E-state index contributed by atoms with van der Waals surface area (Å²) in [6.07, 6.45) is 7.43. The van der Waals surface area contributed by atoms with E-state index >= 15 is 0 Å². The van der Waals surface area contributed by atoms with Crippen molar-refractivity contribution in [3.8, 4) is 46.3 Å². The van der Waals surface area contributed by atoms with Crippen LogP contribution in [0.4, 0.5) is 0 Å². The minimum Gasteiger partial charge on any atom is -0.489 e. The number of hydrogen-bond donors (Lipinski definition) is 0. The van der Waals surface area contributed by atoms with Crippen LogP contribution in [0.3, 0.4) is 0 Å². The molecule has 0 N–H and O–H groups in total. The molecule has 0 bridgehead atoms. The lowest BCUT2D eigenvalue weighted by Gasteiger charge is -2.18. The molecule has 56 heavy (non-hydrogen) atoms. The van der Waals surface area contributed by atoms with Crippen LogP contribution < -0.4 is 18.9 Å². The van der Waals surface area contributed by atoms with E-state index in [1.807, 2.05) is 56.3 Å². The summed E-state index contributed by atoms with van der Waals surface area (Å²) in [6.45, 7) is 4.46. The van der Waals surface area contributed by atoms with Crippen molar-refractivity contribution in [3.05, 3.63) is 163 Å². The number of hydrogen-bond acceptors (Lipinski definition) is 10. The van der Waals surface area contributed by atoms with Crippen LogP contribution in [0.5, 0.6) is 23.0 Å². The fourth-order valence-corrected chi connectivity index (χ4v) is 6.35. The second kappa shape index (κ2) is 18.1. The third kappa shape index (κ3) is 9.14. The summed E-state index contributed by atoms with van der Waals surface area (Å²) in [6, 6.07) is 25.5. The van der Waals surface area contributed by atoms with Crippen molar-refractivity contribution in [1.82, 2.24) is 9.97 Å². The highest BCUT2D eigenvalue weighted by Gasteiger charge is 2.17. The highest BCUT2D eigenvalue weighted by Crippen LogP contribution is 2.37. The van der Waals surface area contributed by atoms with Gasteiger partial charge < -0.3 is 18.9 Å². The van der Waals surface area contributed by atoms with E-state index in [9.17, 15) is 20.1 Å². The molecular weight excluding hydrogens is 751 g/mol. The van der Waals surface area contributed by atoms with Crippen molar-refractivity contribution in [2.24, 2.45) is 0 Å². The van der Waals surface area contributed by atoms with Gasteiger partial charge in [0.2, 0.25) is 0 Å². The minimum atomic E-state index is 0.0845. The lowest BCUT2D eigenvalue weighted by atomic mass is 9.93. The van der Waals surface area contributed by atoms with E-state index < -0.39 is 0 Å². The predicted molar refractivity (Wildman–Crippen MR) is 210 cm³/mol. The summed E-state index contributed by atoms with van der Waals surface area (Å²) >= 11 is 13.1. The van der Waals surface area contributed by atoms with E-state index in [4.69, 9.17) is 42.1 Å². The summed E-state index contributed by atoms with van der Waals surface area (Å²) in [4.78, 5) is 31.8. The average molecular weight is 784 g/mol. The lowest BCUT2D eigenvalue weighted by Crippen LogP contribution is -2.04. The molecule has 0 fully saturated rings. The molecule has 278 valence electrons. The van der Waals surface area contributed by atoms with E-state index in [0.29, 0.717) is 62.7 Å². The number of carbonyl (C=O) groups is 2. The van der Waals surface area contributed by atoms with Gasteiger partial charge in [0.25, 0.3) is 0 Å². The lowest BCUT2D eigenvalue weighted by molar-refractivity contribution is 0.111. The molecule has 0 amide bonds. The fourth-order valence-electron chi connectivity index (χ4n) is 5.90. The average Bonchev–Trinajstić information content (AvgIpc) is 3.22. The van der Waals surface area contributed by atoms with Crippen molar-refractivity contribution in [2.75, 3.05) is 0 Å².